The SMILES string of the molecule is CCC1CCCCN1CCCNS(=O)(=O)c1cc(Br)ccc1OC. The van der Waals surface area contributed by atoms with E-state index >= 15 is 0 Å². The Morgan fingerprint density at radius 2 is 2.17 bits per heavy atom. The van der Waals surface area contributed by atoms with Crippen molar-refractivity contribution in [2.45, 2.75) is 50.0 Å². The first kappa shape index (κ1) is 19.7. The van der Waals surface area contributed by atoms with E-state index in [1.165, 1.54) is 32.8 Å². The fourth-order valence-electron chi connectivity index (χ4n) is 3.24. The summed E-state index contributed by atoms with van der Waals surface area (Å²) >= 11 is 3.31. The number of hydrogen-bond donors (Lipinski definition) is 1. The van der Waals surface area contributed by atoms with Crippen molar-refractivity contribution in [2.24, 2.45) is 0 Å². The van der Waals surface area contributed by atoms with Crippen LogP contribution in [0.4, 0.5) is 0 Å². The second-order valence-electron chi connectivity index (χ2n) is 6.14. The zero-order chi connectivity index (χ0) is 17.6. The molecule has 0 radical (unpaired) electrons. The van der Waals surface area contributed by atoms with E-state index in [4.69, 9.17) is 4.74 Å². The van der Waals surface area contributed by atoms with Crippen LogP contribution in [0.1, 0.15) is 39.0 Å². The van der Waals surface area contributed by atoms with E-state index in [9.17, 15) is 8.42 Å². The van der Waals surface area contributed by atoms with Crippen LogP contribution < -0.4 is 9.46 Å². The zero-order valence-electron chi connectivity index (χ0n) is 14.4. The van der Waals surface area contributed by atoms with Crippen LogP contribution in [0.3, 0.4) is 0 Å². The lowest BCUT2D eigenvalue weighted by atomic mass is 10.00. The largest absolute Gasteiger partial charge is 0.495 e. The molecule has 1 fully saturated rings. The maximum absolute atomic E-state index is 12.5. The second-order valence-corrected chi connectivity index (χ2v) is 8.79. The first-order chi connectivity index (χ1) is 11.5. The molecular weight excluding hydrogens is 392 g/mol. The number of halogens is 1. The third-order valence-electron chi connectivity index (χ3n) is 4.55. The molecule has 1 saturated heterocycles. The average molecular weight is 419 g/mol. The number of sulfonamides is 1. The molecule has 1 aliphatic rings. The van der Waals surface area contributed by atoms with Gasteiger partial charge in [-0.2, -0.15) is 0 Å². The molecule has 1 unspecified atom stereocenters. The molecule has 136 valence electrons. The lowest BCUT2D eigenvalue weighted by molar-refractivity contribution is 0.143. The average Bonchev–Trinajstić information content (AvgIpc) is 2.59. The molecule has 0 spiro atoms. The van der Waals surface area contributed by atoms with Gasteiger partial charge in [0.05, 0.1) is 7.11 Å². The molecule has 1 aromatic carbocycles. The van der Waals surface area contributed by atoms with E-state index in [2.05, 4.69) is 32.5 Å². The molecule has 1 N–H and O–H groups in total. The van der Waals surface area contributed by atoms with Gasteiger partial charge >= 0.3 is 0 Å². The van der Waals surface area contributed by atoms with Crippen molar-refractivity contribution in [1.29, 1.82) is 0 Å². The van der Waals surface area contributed by atoms with Crippen molar-refractivity contribution in [3.63, 3.8) is 0 Å². The Morgan fingerprint density at radius 1 is 1.38 bits per heavy atom. The maximum atomic E-state index is 12.5. The monoisotopic (exact) mass is 418 g/mol. The number of ether oxygens (including phenoxy) is 1. The lowest BCUT2D eigenvalue weighted by Gasteiger charge is -2.35. The van der Waals surface area contributed by atoms with E-state index in [1.807, 2.05) is 0 Å². The molecule has 0 saturated carbocycles. The molecular formula is C17H27BrN2O3S. The van der Waals surface area contributed by atoms with E-state index in [0.717, 1.165) is 19.5 Å². The first-order valence-corrected chi connectivity index (χ1v) is 10.8. The van der Waals surface area contributed by atoms with Crippen LogP contribution in [-0.4, -0.2) is 46.1 Å². The number of piperidine rings is 1. The zero-order valence-corrected chi connectivity index (χ0v) is 16.8. The number of likely N-dealkylation sites (tertiary alicyclic amines) is 1. The minimum Gasteiger partial charge on any atom is -0.495 e. The van der Waals surface area contributed by atoms with Crippen molar-refractivity contribution in [3.05, 3.63) is 22.7 Å². The minimum absolute atomic E-state index is 0.170. The third kappa shape index (κ3) is 5.18. The summed E-state index contributed by atoms with van der Waals surface area (Å²) in [6.07, 6.45) is 5.80. The number of benzene rings is 1. The predicted molar refractivity (Wildman–Crippen MR) is 100 cm³/mol. The molecule has 24 heavy (non-hydrogen) atoms. The Balaban J connectivity index is 1.90. The smallest absolute Gasteiger partial charge is 0.244 e. The molecule has 0 amide bonds. The van der Waals surface area contributed by atoms with Gasteiger partial charge in [-0.1, -0.05) is 29.3 Å². The van der Waals surface area contributed by atoms with Gasteiger partial charge in [0.25, 0.3) is 0 Å². The molecule has 0 bridgehead atoms. The van der Waals surface area contributed by atoms with Crippen molar-refractivity contribution >= 4 is 26.0 Å². The van der Waals surface area contributed by atoms with Gasteiger partial charge in [-0.05, 0) is 57.0 Å². The van der Waals surface area contributed by atoms with E-state index < -0.39 is 10.0 Å². The normalized spacial score (nSPS) is 19.4. The van der Waals surface area contributed by atoms with Gasteiger partial charge in [-0.25, -0.2) is 13.1 Å². The summed E-state index contributed by atoms with van der Waals surface area (Å²) in [5.41, 5.74) is 0. The van der Waals surface area contributed by atoms with Crippen LogP contribution in [0.5, 0.6) is 5.75 Å². The van der Waals surface area contributed by atoms with E-state index in [-0.39, 0.29) is 4.90 Å². The van der Waals surface area contributed by atoms with Crippen LogP contribution in [-0.2, 0) is 10.0 Å². The van der Waals surface area contributed by atoms with Crippen LogP contribution in [0, 0.1) is 0 Å². The highest BCUT2D eigenvalue weighted by Crippen LogP contribution is 2.27. The summed E-state index contributed by atoms with van der Waals surface area (Å²) in [6.45, 7) is 4.73. The van der Waals surface area contributed by atoms with Crippen molar-refractivity contribution in [3.8, 4) is 5.75 Å². The lowest BCUT2D eigenvalue weighted by Crippen LogP contribution is -2.40. The quantitative estimate of drug-likeness (QED) is 0.657. The van der Waals surface area contributed by atoms with E-state index in [1.54, 1.807) is 18.2 Å². The molecule has 7 heteroatoms. The molecule has 0 aliphatic carbocycles. The Bertz CT molecular complexity index is 637. The number of methoxy groups -OCH3 is 1. The van der Waals surface area contributed by atoms with Gasteiger partial charge in [0.15, 0.2) is 0 Å². The molecule has 0 aromatic heterocycles. The van der Waals surface area contributed by atoms with Gasteiger partial charge < -0.3 is 9.64 Å². The summed E-state index contributed by atoms with van der Waals surface area (Å²) in [7, 11) is -2.10. The minimum atomic E-state index is -3.57. The van der Waals surface area contributed by atoms with Crippen LogP contribution in [0.25, 0.3) is 0 Å². The van der Waals surface area contributed by atoms with Crippen LogP contribution >= 0.6 is 15.9 Å². The highest BCUT2D eigenvalue weighted by molar-refractivity contribution is 9.10. The van der Waals surface area contributed by atoms with Crippen molar-refractivity contribution in [2.75, 3.05) is 26.7 Å². The fourth-order valence-corrected chi connectivity index (χ4v) is 5.02. The maximum Gasteiger partial charge on any atom is 0.244 e. The molecule has 1 heterocycles. The molecule has 1 aromatic rings. The van der Waals surface area contributed by atoms with Crippen molar-refractivity contribution in [1.82, 2.24) is 9.62 Å². The number of nitrogens with one attached hydrogen (secondary N) is 1. The van der Waals surface area contributed by atoms with Crippen molar-refractivity contribution < 1.29 is 13.2 Å². The number of hydrogen-bond acceptors (Lipinski definition) is 4. The molecule has 2 rings (SSSR count). The summed E-state index contributed by atoms with van der Waals surface area (Å²) in [6, 6.07) is 5.64. The number of nitrogens with zero attached hydrogens (tertiary/aromatic N) is 1. The van der Waals surface area contributed by atoms with Crippen LogP contribution in [0.2, 0.25) is 0 Å². The molecule has 5 nitrogen and oxygen atoms in total. The number of rotatable bonds is 8. The topological polar surface area (TPSA) is 58.6 Å². The molecule has 1 aliphatic heterocycles. The summed E-state index contributed by atoms with van der Waals surface area (Å²) in [4.78, 5) is 2.67. The van der Waals surface area contributed by atoms with Gasteiger partial charge in [-0.3, -0.25) is 0 Å². The van der Waals surface area contributed by atoms with Gasteiger partial charge in [0, 0.05) is 17.1 Å². The van der Waals surface area contributed by atoms with Gasteiger partial charge in [0.1, 0.15) is 10.6 Å². The summed E-state index contributed by atoms with van der Waals surface area (Å²) < 4.78 is 33.6. The fraction of sp³-hybridized carbons (Fsp3) is 0.647. The Labute approximate surface area is 153 Å². The summed E-state index contributed by atoms with van der Waals surface area (Å²) in [5.74, 6) is 0.354. The summed E-state index contributed by atoms with van der Waals surface area (Å²) in [5, 5.41) is 0. The Hall–Kier alpha value is -0.630. The Kier molecular flexibility index (Phi) is 7.53. The third-order valence-corrected chi connectivity index (χ3v) is 6.53. The standard InChI is InChI=1S/C17H27BrN2O3S/c1-3-15-7-4-5-11-20(15)12-6-10-19-24(21,22)17-13-14(18)8-9-16(17)23-2/h8-9,13,15,19H,3-7,10-12H2,1-2H3. The molecule has 1 atom stereocenters. The highest BCUT2D eigenvalue weighted by Gasteiger charge is 2.22. The van der Waals surface area contributed by atoms with Crippen LogP contribution in [0.15, 0.2) is 27.6 Å². The Morgan fingerprint density at radius 3 is 2.88 bits per heavy atom. The second kappa shape index (κ2) is 9.17. The highest BCUT2D eigenvalue weighted by atomic mass is 79.9. The van der Waals surface area contributed by atoms with Gasteiger partial charge in [0.2, 0.25) is 10.0 Å². The van der Waals surface area contributed by atoms with E-state index in [0.29, 0.717) is 22.8 Å². The first-order valence-electron chi connectivity index (χ1n) is 8.55. The van der Waals surface area contributed by atoms with Gasteiger partial charge in [-0.15, -0.1) is 0 Å². The predicted octanol–water partition coefficient (Wildman–Crippen LogP) is 3.39.